The first-order valence-electron chi connectivity index (χ1n) is 5.83. The number of methoxy groups -OCH3 is 1. The number of hydrogen-bond donors (Lipinski definition) is 2. The van der Waals surface area contributed by atoms with Crippen LogP contribution in [0.5, 0.6) is 0 Å². The molecule has 0 aliphatic carbocycles. The summed E-state index contributed by atoms with van der Waals surface area (Å²) in [5, 5.41) is 6.99. The van der Waals surface area contributed by atoms with Gasteiger partial charge in [-0.05, 0) is 6.42 Å². The summed E-state index contributed by atoms with van der Waals surface area (Å²) < 4.78 is 4.86. The van der Waals surface area contributed by atoms with Gasteiger partial charge in [-0.1, -0.05) is 6.92 Å². The van der Waals surface area contributed by atoms with Crippen LogP contribution in [0.25, 0.3) is 0 Å². The summed E-state index contributed by atoms with van der Waals surface area (Å²) in [6, 6.07) is 0.590. The number of carbonyl (C=O) groups excluding carboxylic acids is 1. The molecular weight excluding hydrogens is 224 g/mol. The Labute approximate surface area is 102 Å². The average Bonchev–Trinajstić information content (AvgIpc) is 2.65. The fourth-order valence-corrected chi connectivity index (χ4v) is 2.91. The smallest absolute Gasteiger partial charge is 0.221 e. The predicted molar refractivity (Wildman–Crippen MR) is 67.8 cm³/mol. The Kier molecular flexibility index (Phi) is 6.84. The Hall–Kier alpha value is -0.260. The summed E-state index contributed by atoms with van der Waals surface area (Å²) >= 11 is 2.00. The van der Waals surface area contributed by atoms with Crippen molar-refractivity contribution in [1.82, 2.24) is 10.6 Å². The Morgan fingerprint density at radius 3 is 2.94 bits per heavy atom. The first kappa shape index (κ1) is 13.8. The maximum Gasteiger partial charge on any atom is 0.221 e. The van der Waals surface area contributed by atoms with Crippen LogP contribution in [0.15, 0.2) is 0 Å². The molecule has 1 amide bonds. The van der Waals surface area contributed by atoms with Gasteiger partial charge in [0.15, 0.2) is 0 Å². The summed E-state index contributed by atoms with van der Waals surface area (Å²) in [6.45, 7) is 4.21. The van der Waals surface area contributed by atoms with Crippen LogP contribution >= 0.6 is 11.8 Å². The molecule has 1 aliphatic heterocycles. The Balaban J connectivity index is 1.96. The molecule has 2 unspecified atom stereocenters. The summed E-state index contributed by atoms with van der Waals surface area (Å²) in [5.74, 6) is 1.27. The zero-order chi connectivity index (χ0) is 11.8. The lowest BCUT2D eigenvalue weighted by molar-refractivity contribution is -0.121. The molecule has 0 aromatic heterocycles. The van der Waals surface area contributed by atoms with E-state index in [4.69, 9.17) is 4.74 Å². The van der Waals surface area contributed by atoms with Gasteiger partial charge in [0, 0.05) is 43.7 Å². The van der Waals surface area contributed by atoms with E-state index in [0.29, 0.717) is 25.6 Å². The lowest BCUT2D eigenvalue weighted by atomic mass is 10.2. The largest absolute Gasteiger partial charge is 0.383 e. The molecule has 1 aliphatic rings. The minimum Gasteiger partial charge on any atom is -0.383 e. The van der Waals surface area contributed by atoms with E-state index in [-0.39, 0.29) is 5.91 Å². The van der Waals surface area contributed by atoms with Crippen molar-refractivity contribution in [1.29, 1.82) is 0 Å². The lowest BCUT2D eigenvalue weighted by Crippen LogP contribution is -2.34. The first-order chi connectivity index (χ1) is 7.72. The number of carbonyl (C=O) groups is 1. The van der Waals surface area contributed by atoms with Gasteiger partial charge in [0.25, 0.3) is 0 Å². The van der Waals surface area contributed by atoms with Crippen LogP contribution in [0, 0.1) is 0 Å². The van der Waals surface area contributed by atoms with Crippen molar-refractivity contribution in [2.75, 3.05) is 32.6 Å². The SMILES string of the molecule is COCCNC(=O)CCNC1CSC(C)C1. The van der Waals surface area contributed by atoms with E-state index < -0.39 is 0 Å². The fraction of sp³-hybridized carbons (Fsp3) is 0.909. The molecule has 0 bridgehead atoms. The quantitative estimate of drug-likeness (QED) is 0.647. The van der Waals surface area contributed by atoms with Crippen LogP contribution in [-0.2, 0) is 9.53 Å². The molecular formula is C11H22N2O2S. The van der Waals surface area contributed by atoms with Crippen molar-refractivity contribution in [3.8, 4) is 0 Å². The Bertz CT molecular complexity index is 214. The van der Waals surface area contributed by atoms with Crippen molar-refractivity contribution in [2.24, 2.45) is 0 Å². The normalized spacial score (nSPS) is 24.6. The van der Waals surface area contributed by atoms with E-state index in [1.54, 1.807) is 7.11 Å². The van der Waals surface area contributed by atoms with Crippen LogP contribution in [-0.4, -0.2) is 49.8 Å². The maximum atomic E-state index is 11.3. The highest BCUT2D eigenvalue weighted by atomic mass is 32.2. The van der Waals surface area contributed by atoms with E-state index in [1.165, 1.54) is 12.2 Å². The molecule has 1 saturated heterocycles. The fourth-order valence-electron chi connectivity index (χ4n) is 1.73. The minimum atomic E-state index is 0.100. The molecule has 4 nitrogen and oxygen atoms in total. The third-order valence-corrected chi connectivity index (χ3v) is 3.97. The topological polar surface area (TPSA) is 50.4 Å². The highest BCUT2D eigenvalue weighted by Gasteiger charge is 2.20. The molecule has 0 aromatic carbocycles. The minimum absolute atomic E-state index is 0.100. The van der Waals surface area contributed by atoms with Crippen LogP contribution in [0.4, 0.5) is 0 Å². The third kappa shape index (κ3) is 5.72. The van der Waals surface area contributed by atoms with Crippen molar-refractivity contribution in [2.45, 2.75) is 31.1 Å². The van der Waals surface area contributed by atoms with Gasteiger partial charge in [0.1, 0.15) is 0 Å². The summed E-state index contributed by atoms with van der Waals surface area (Å²) in [6.07, 6.45) is 1.77. The molecule has 2 N–H and O–H groups in total. The van der Waals surface area contributed by atoms with Gasteiger partial charge in [-0.3, -0.25) is 4.79 Å². The molecule has 0 radical (unpaired) electrons. The predicted octanol–water partition coefficient (Wildman–Crippen LogP) is 0.623. The average molecular weight is 246 g/mol. The van der Waals surface area contributed by atoms with Crippen molar-refractivity contribution in [3.05, 3.63) is 0 Å². The molecule has 1 heterocycles. The summed E-state index contributed by atoms with van der Waals surface area (Å²) in [4.78, 5) is 11.3. The second-order valence-corrected chi connectivity index (χ2v) is 5.59. The van der Waals surface area contributed by atoms with Crippen LogP contribution in [0.3, 0.4) is 0 Å². The van der Waals surface area contributed by atoms with Crippen LogP contribution in [0.1, 0.15) is 19.8 Å². The number of ether oxygens (including phenoxy) is 1. The summed E-state index contributed by atoms with van der Waals surface area (Å²) in [7, 11) is 1.63. The Morgan fingerprint density at radius 1 is 1.50 bits per heavy atom. The molecule has 2 atom stereocenters. The van der Waals surface area contributed by atoms with Gasteiger partial charge in [0.2, 0.25) is 5.91 Å². The van der Waals surface area contributed by atoms with Crippen molar-refractivity contribution in [3.63, 3.8) is 0 Å². The monoisotopic (exact) mass is 246 g/mol. The standard InChI is InChI=1S/C11H22N2O2S/c1-9-7-10(8-16-9)12-4-3-11(14)13-5-6-15-2/h9-10,12H,3-8H2,1-2H3,(H,13,14). The van der Waals surface area contributed by atoms with E-state index in [1.807, 2.05) is 11.8 Å². The molecule has 0 saturated carbocycles. The van der Waals surface area contributed by atoms with Crippen LogP contribution in [0.2, 0.25) is 0 Å². The van der Waals surface area contributed by atoms with Gasteiger partial charge >= 0.3 is 0 Å². The summed E-state index contributed by atoms with van der Waals surface area (Å²) in [5.41, 5.74) is 0. The number of thioether (sulfide) groups is 1. The molecule has 16 heavy (non-hydrogen) atoms. The molecule has 94 valence electrons. The van der Waals surface area contributed by atoms with Crippen molar-refractivity contribution < 1.29 is 9.53 Å². The van der Waals surface area contributed by atoms with Crippen LogP contribution < -0.4 is 10.6 Å². The van der Waals surface area contributed by atoms with E-state index >= 15 is 0 Å². The molecule has 0 aromatic rings. The first-order valence-corrected chi connectivity index (χ1v) is 6.88. The molecule has 1 rings (SSSR count). The number of rotatable bonds is 7. The molecule has 0 spiro atoms. The zero-order valence-electron chi connectivity index (χ0n) is 10.1. The van der Waals surface area contributed by atoms with Crippen molar-refractivity contribution >= 4 is 17.7 Å². The van der Waals surface area contributed by atoms with Gasteiger partial charge in [0.05, 0.1) is 6.61 Å². The number of amides is 1. The van der Waals surface area contributed by atoms with Gasteiger partial charge in [-0.2, -0.15) is 11.8 Å². The second-order valence-electron chi connectivity index (χ2n) is 4.12. The third-order valence-electron chi connectivity index (χ3n) is 2.61. The number of hydrogen-bond acceptors (Lipinski definition) is 4. The second kappa shape index (κ2) is 7.92. The highest BCUT2D eigenvalue weighted by Crippen LogP contribution is 2.25. The Morgan fingerprint density at radius 2 is 2.31 bits per heavy atom. The van der Waals surface area contributed by atoms with E-state index in [2.05, 4.69) is 17.6 Å². The van der Waals surface area contributed by atoms with E-state index in [0.717, 1.165) is 11.8 Å². The zero-order valence-corrected chi connectivity index (χ0v) is 10.9. The van der Waals surface area contributed by atoms with Gasteiger partial charge in [-0.25, -0.2) is 0 Å². The molecule has 5 heteroatoms. The highest BCUT2D eigenvalue weighted by molar-refractivity contribution is 8.00. The number of nitrogens with one attached hydrogen (secondary N) is 2. The van der Waals surface area contributed by atoms with Gasteiger partial charge < -0.3 is 15.4 Å². The maximum absolute atomic E-state index is 11.3. The van der Waals surface area contributed by atoms with E-state index in [9.17, 15) is 4.79 Å². The molecule has 1 fully saturated rings. The lowest BCUT2D eigenvalue weighted by Gasteiger charge is -2.11. The van der Waals surface area contributed by atoms with Gasteiger partial charge in [-0.15, -0.1) is 0 Å².